The van der Waals surface area contributed by atoms with Crippen LogP contribution in [-0.2, 0) is 17.8 Å². The fraction of sp³-hybridized carbons (Fsp3) is 0.267. The standard InChI is InChI=1S/C15H16N4O/c1-19-14-6-2-10(8-11(14)3-7-15(19)20)13-5-4-12(9-16)17-18-13/h2,4-6,8H,3,7,9,16H2,1H3. The molecule has 3 rings (SSSR count). The summed E-state index contributed by atoms with van der Waals surface area (Å²) in [7, 11) is 1.82. The first kappa shape index (κ1) is 12.7. The van der Waals surface area contributed by atoms with Gasteiger partial charge in [-0.05, 0) is 36.2 Å². The van der Waals surface area contributed by atoms with Gasteiger partial charge in [0.1, 0.15) is 0 Å². The lowest BCUT2D eigenvalue weighted by Crippen LogP contribution is -2.30. The Kier molecular flexibility index (Phi) is 3.20. The Morgan fingerprint density at radius 2 is 2.05 bits per heavy atom. The summed E-state index contributed by atoms with van der Waals surface area (Å²) in [5, 5.41) is 8.27. The predicted octanol–water partition coefficient (Wildman–Crippen LogP) is 1.51. The van der Waals surface area contributed by atoms with Crippen molar-refractivity contribution in [2.24, 2.45) is 5.73 Å². The molecule has 1 aromatic heterocycles. The number of benzene rings is 1. The summed E-state index contributed by atoms with van der Waals surface area (Å²) in [6.07, 6.45) is 1.34. The number of amides is 1. The third kappa shape index (κ3) is 2.16. The highest BCUT2D eigenvalue weighted by molar-refractivity contribution is 5.96. The number of aromatic nitrogens is 2. The number of anilines is 1. The van der Waals surface area contributed by atoms with E-state index in [-0.39, 0.29) is 5.91 Å². The molecule has 0 saturated carbocycles. The van der Waals surface area contributed by atoms with Gasteiger partial charge < -0.3 is 10.6 Å². The van der Waals surface area contributed by atoms with Crippen LogP contribution in [0.3, 0.4) is 0 Å². The summed E-state index contributed by atoms with van der Waals surface area (Å²) < 4.78 is 0. The molecule has 102 valence electrons. The molecule has 0 fully saturated rings. The number of nitrogens with zero attached hydrogens (tertiary/aromatic N) is 3. The molecule has 20 heavy (non-hydrogen) atoms. The highest BCUT2D eigenvalue weighted by atomic mass is 16.2. The van der Waals surface area contributed by atoms with Gasteiger partial charge in [-0.15, -0.1) is 0 Å². The molecular formula is C15H16N4O. The fourth-order valence-corrected chi connectivity index (χ4v) is 2.44. The molecule has 0 bridgehead atoms. The van der Waals surface area contributed by atoms with Crippen molar-refractivity contribution in [3.05, 3.63) is 41.6 Å². The molecule has 0 unspecified atom stereocenters. The second-order valence-electron chi connectivity index (χ2n) is 4.91. The lowest BCUT2D eigenvalue weighted by Gasteiger charge is -2.26. The molecule has 0 radical (unpaired) electrons. The summed E-state index contributed by atoms with van der Waals surface area (Å²) in [4.78, 5) is 13.4. The van der Waals surface area contributed by atoms with Crippen LogP contribution in [0.2, 0.25) is 0 Å². The van der Waals surface area contributed by atoms with E-state index in [9.17, 15) is 4.79 Å². The van der Waals surface area contributed by atoms with Gasteiger partial charge in [-0.3, -0.25) is 4.79 Å². The highest BCUT2D eigenvalue weighted by Crippen LogP contribution is 2.30. The molecule has 0 aliphatic carbocycles. The van der Waals surface area contributed by atoms with Crippen molar-refractivity contribution in [2.45, 2.75) is 19.4 Å². The summed E-state index contributed by atoms with van der Waals surface area (Å²) >= 11 is 0. The van der Waals surface area contributed by atoms with E-state index in [1.54, 1.807) is 4.90 Å². The minimum Gasteiger partial charge on any atom is -0.325 e. The minimum atomic E-state index is 0.164. The number of carbonyl (C=O) groups excluding carboxylic acids is 1. The van der Waals surface area contributed by atoms with Gasteiger partial charge in [0.25, 0.3) is 0 Å². The van der Waals surface area contributed by atoms with Gasteiger partial charge in [-0.1, -0.05) is 6.07 Å². The largest absolute Gasteiger partial charge is 0.325 e. The number of carbonyl (C=O) groups is 1. The Hall–Kier alpha value is -2.27. The van der Waals surface area contributed by atoms with E-state index in [0.717, 1.165) is 29.1 Å². The SMILES string of the molecule is CN1C(=O)CCc2cc(-c3ccc(CN)nn3)ccc21. The minimum absolute atomic E-state index is 0.164. The molecule has 2 aromatic rings. The number of hydrogen-bond acceptors (Lipinski definition) is 4. The normalized spacial score (nSPS) is 14.3. The first-order valence-corrected chi connectivity index (χ1v) is 6.61. The second kappa shape index (κ2) is 5.02. The molecule has 2 N–H and O–H groups in total. The average Bonchev–Trinajstić information content (AvgIpc) is 2.51. The molecule has 1 aromatic carbocycles. The van der Waals surface area contributed by atoms with E-state index in [1.165, 1.54) is 5.56 Å². The Morgan fingerprint density at radius 3 is 2.75 bits per heavy atom. The van der Waals surface area contributed by atoms with Crippen LogP contribution in [-0.4, -0.2) is 23.2 Å². The first-order valence-electron chi connectivity index (χ1n) is 6.61. The lowest BCUT2D eigenvalue weighted by atomic mass is 9.98. The lowest BCUT2D eigenvalue weighted by molar-refractivity contribution is -0.118. The van der Waals surface area contributed by atoms with E-state index in [0.29, 0.717) is 13.0 Å². The smallest absolute Gasteiger partial charge is 0.227 e. The molecule has 5 heteroatoms. The number of hydrogen-bond donors (Lipinski definition) is 1. The zero-order valence-electron chi connectivity index (χ0n) is 11.3. The average molecular weight is 268 g/mol. The molecule has 1 aliphatic heterocycles. The van der Waals surface area contributed by atoms with Gasteiger partial charge in [-0.2, -0.15) is 10.2 Å². The number of rotatable bonds is 2. The van der Waals surface area contributed by atoms with Crippen molar-refractivity contribution < 1.29 is 4.79 Å². The Bertz CT molecular complexity index is 651. The van der Waals surface area contributed by atoms with Gasteiger partial charge in [0.2, 0.25) is 5.91 Å². The van der Waals surface area contributed by atoms with Crippen molar-refractivity contribution >= 4 is 11.6 Å². The maximum atomic E-state index is 11.7. The van der Waals surface area contributed by atoms with Crippen LogP contribution in [0.25, 0.3) is 11.3 Å². The van der Waals surface area contributed by atoms with E-state index in [2.05, 4.69) is 16.3 Å². The topological polar surface area (TPSA) is 72.1 Å². The molecule has 1 aliphatic rings. The van der Waals surface area contributed by atoms with Crippen molar-refractivity contribution in [1.29, 1.82) is 0 Å². The number of aryl methyl sites for hydroxylation is 1. The van der Waals surface area contributed by atoms with Crippen molar-refractivity contribution in [2.75, 3.05) is 11.9 Å². The predicted molar refractivity (Wildman–Crippen MR) is 77.1 cm³/mol. The molecule has 0 atom stereocenters. The van der Waals surface area contributed by atoms with Crippen LogP contribution in [0.15, 0.2) is 30.3 Å². The summed E-state index contributed by atoms with van der Waals surface area (Å²) in [5.41, 5.74) is 10.3. The number of fused-ring (bicyclic) bond motifs is 1. The van der Waals surface area contributed by atoms with Crippen LogP contribution < -0.4 is 10.6 Å². The molecular weight excluding hydrogens is 252 g/mol. The molecule has 2 heterocycles. The van der Waals surface area contributed by atoms with Crippen LogP contribution in [0, 0.1) is 0 Å². The Labute approximate surface area is 117 Å². The maximum absolute atomic E-state index is 11.7. The zero-order valence-corrected chi connectivity index (χ0v) is 11.3. The van der Waals surface area contributed by atoms with Crippen molar-refractivity contribution in [1.82, 2.24) is 10.2 Å². The molecule has 5 nitrogen and oxygen atoms in total. The van der Waals surface area contributed by atoms with Crippen molar-refractivity contribution in [3.8, 4) is 11.3 Å². The molecule has 0 saturated heterocycles. The Morgan fingerprint density at radius 1 is 1.20 bits per heavy atom. The van der Waals surface area contributed by atoms with Crippen LogP contribution >= 0.6 is 0 Å². The van der Waals surface area contributed by atoms with E-state index in [4.69, 9.17) is 5.73 Å². The monoisotopic (exact) mass is 268 g/mol. The first-order chi connectivity index (χ1) is 9.69. The highest BCUT2D eigenvalue weighted by Gasteiger charge is 2.21. The second-order valence-corrected chi connectivity index (χ2v) is 4.91. The molecule has 1 amide bonds. The van der Waals surface area contributed by atoms with Crippen LogP contribution in [0.5, 0.6) is 0 Å². The summed E-state index contributed by atoms with van der Waals surface area (Å²) in [6.45, 7) is 0.393. The summed E-state index contributed by atoms with van der Waals surface area (Å²) in [5.74, 6) is 0.164. The van der Waals surface area contributed by atoms with E-state index in [1.807, 2.05) is 31.3 Å². The third-order valence-electron chi connectivity index (χ3n) is 3.65. The van der Waals surface area contributed by atoms with Crippen LogP contribution in [0.1, 0.15) is 17.7 Å². The van der Waals surface area contributed by atoms with Crippen LogP contribution in [0.4, 0.5) is 5.69 Å². The quantitative estimate of drug-likeness (QED) is 0.896. The van der Waals surface area contributed by atoms with Gasteiger partial charge in [0, 0.05) is 31.3 Å². The van der Waals surface area contributed by atoms with Gasteiger partial charge in [0.05, 0.1) is 11.4 Å². The van der Waals surface area contributed by atoms with Crippen molar-refractivity contribution in [3.63, 3.8) is 0 Å². The van der Waals surface area contributed by atoms with Gasteiger partial charge >= 0.3 is 0 Å². The van der Waals surface area contributed by atoms with E-state index >= 15 is 0 Å². The molecule has 0 spiro atoms. The fourth-order valence-electron chi connectivity index (χ4n) is 2.44. The Balaban J connectivity index is 1.97. The third-order valence-corrected chi connectivity index (χ3v) is 3.65. The van der Waals surface area contributed by atoms with Gasteiger partial charge in [-0.25, -0.2) is 0 Å². The van der Waals surface area contributed by atoms with E-state index < -0.39 is 0 Å². The number of nitrogens with two attached hydrogens (primary N) is 1. The maximum Gasteiger partial charge on any atom is 0.227 e. The zero-order chi connectivity index (χ0) is 14.1. The summed E-state index contributed by atoms with van der Waals surface area (Å²) in [6, 6.07) is 9.84. The van der Waals surface area contributed by atoms with Gasteiger partial charge in [0.15, 0.2) is 0 Å².